The summed E-state index contributed by atoms with van der Waals surface area (Å²) < 4.78 is 5.65. The summed E-state index contributed by atoms with van der Waals surface area (Å²) in [6, 6.07) is 15.9. The predicted octanol–water partition coefficient (Wildman–Crippen LogP) is 3.90. The Morgan fingerprint density at radius 3 is 2.43 bits per heavy atom. The van der Waals surface area contributed by atoms with Crippen LogP contribution < -0.4 is 10.1 Å². The van der Waals surface area contributed by atoms with Gasteiger partial charge in [-0.3, -0.25) is 4.79 Å². The van der Waals surface area contributed by atoms with Gasteiger partial charge in [0.15, 0.2) is 6.10 Å². The Bertz CT molecular complexity index is 637. The third-order valence-corrected chi connectivity index (χ3v) is 3.94. The van der Waals surface area contributed by atoms with E-state index in [0.29, 0.717) is 12.3 Å². The molecule has 1 atom stereocenters. The molecule has 2 aromatic rings. The Labute approximate surface area is 138 Å². The first-order valence-electron chi connectivity index (χ1n) is 8.24. The van der Waals surface area contributed by atoms with E-state index in [1.807, 2.05) is 30.3 Å². The number of benzene rings is 2. The van der Waals surface area contributed by atoms with Crippen molar-refractivity contribution in [1.82, 2.24) is 5.32 Å². The number of carbonyl (C=O) groups excluding carboxylic acids is 1. The first-order chi connectivity index (χ1) is 11.1. The van der Waals surface area contributed by atoms with E-state index in [0.717, 1.165) is 12.8 Å². The number of rotatable bonds is 7. The lowest BCUT2D eigenvalue weighted by molar-refractivity contribution is -0.127. The van der Waals surface area contributed by atoms with Gasteiger partial charge in [-0.25, -0.2) is 0 Å². The van der Waals surface area contributed by atoms with Gasteiger partial charge in [0.1, 0.15) is 5.75 Å². The van der Waals surface area contributed by atoms with E-state index in [-0.39, 0.29) is 5.91 Å². The molecule has 23 heavy (non-hydrogen) atoms. The van der Waals surface area contributed by atoms with Crippen LogP contribution in [-0.2, 0) is 24.2 Å². The Hall–Kier alpha value is -2.29. The first kappa shape index (κ1) is 17.1. The van der Waals surface area contributed by atoms with E-state index < -0.39 is 6.10 Å². The number of nitrogens with one attached hydrogen (secondary N) is 1. The van der Waals surface area contributed by atoms with Crippen molar-refractivity contribution in [2.45, 2.75) is 46.3 Å². The molecule has 122 valence electrons. The lowest BCUT2D eigenvalue weighted by atomic mass is 10.0. The van der Waals surface area contributed by atoms with Crippen molar-refractivity contribution in [3.63, 3.8) is 0 Å². The van der Waals surface area contributed by atoms with Gasteiger partial charge < -0.3 is 10.1 Å². The molecule has 2 aromatic carbocycles. The van der Waals surface area contributed by atoms with Crippen molar-refractivity contribution in [3.05, 3.63) is 65.2 Å². The molecule has 1 N–H and O–H groups in total. The molecule has 3 heteroatoms. The van der Waals surface area contributed by atoms with Gasteiger partial charge in [0.2, 0.25) is 0 Å². The summed E-state index contributed by atoms with van der Waals surface area (Å²) >= 11 is 0. The molecule has 0 spiro atoms. The average molecular weight is 311 g/mol. The molecule has 1 unspecified atom stereocenters. The Morgan fingerprint density at radius 2 is 1.78 bits per heavy atom. The van der Waals surface area contributed by atoms with Crippen LogP contribution in [0, 0.1) is 0 Å². The summed E-state index contributed by atoms with van der Waals surface area (Å²) in [4.78, 5) is 12.2. The lowest BCUT2D eigenvalue weighted by Crippen LogP contribution is -2.36. The van der Waals surface area contributed by atoms with Crippen LogP contribution in [-0.4, -0.2) is 12.0 Å². The summed E-state index contributed by atoms with van der Waals surface area (Å²) in [7, 11) is 0. The number of para-hydroxylation sites is 1. The minimum atomic E-state index is -0.517. The van der Waals surface area contributed by atoms with Crippen molar-refractivity contribution < 1.29 is 9.53 Å². The molecule has 0 heterocycles. The van der Waals surface area contributed by atoms with E-state index >= 15 is 0 Å². The second-order valence-corrected chi connectivity index (χ2v) is 5.60. The van der Waals surface area contributed by atoms with Crippen LogP contribution in [0.4, 0.5) is 0 Å². The van der Waals surface area contributed by atoms with E-state index in [2.05, 4.69) is 37.4 Å². The van der Waals surface area contributed by atoms with Crippen molar-refractivity contribution in [1.29, 1.82) is 0 Å². The highest BCUT2D eigenvalue weighted by Gasteiger charge is 2.14. The Kier molecular flexibility index (Phi) is 6.21. The zero-order valence-corrected chi connectivity index (χ0v) is 14.1. The normalized spacial score (nSPS) is 11.8. The van der Waals surface area contributed by atoms with E-state index in [1.165, 1.54) is 16.7 Å². The quantitative estimate of drug-likeness (QED) is 0.842. The fraction of sp³-hybridized carbons (Fsp3) is 0.350. The van der Waals surface area contributed by atoms with Crippen molar-refractivity contribution >= 4 is 5.91 Å². The second-order valence-electron chi connectivity index (χ2n) is 5.60. The molecular formula is C20H25NO2. The number of hydrogen-bond acceptors (Lipinski definition) is 2. The van der Waals surface area contributed by atoms with Gasteiger partial charge in [0.05, 0.1) is 0 Å². The van der Waals surface area contributed by atoms with Crippen LogP contribution in [0.2, 0.25) is 0 Å². The van der Waals surface area contributed by atoms with Gasteiger partial charge in [0.25, 0.3) is 5.91 Å². The summed E-state index contributed by atoms with van der Waals surface area (Å²) in [6.45, 7) is 6.58. The SMILES string of the molecule is CCc1ccc(CC)c(CNC(=O)C(C)Oc2ccccc2)c1. The summed E-state index contributed by atoms with van der Waals surface area (Å²) in [6.07, 6.45) is 1.45. The van der Waals surface area contributed by atoms with Crippen LogP contribution in [0.3, 0.4) is 0 Å². The zero-order valence-electron chi connectivity index (χ0n) is 14.1. The molecule has 0 aliphatic rings. The van der Waals surface area contributed by atoms with Crippen molar-refractivity contribution in [3.8, 4) is 5.75 Å². The maximum absolute atomic E-state index is 12.2. The highest BCUT2D eigenvalue weighted by Crippen LogP contribution is 2.14. The fourth-order valence-electron chi connectivity index (χ4n) is 2.49. The maximum Gasteiger partial charge on any atom is 0.261 e. The maximum atomic E-state index is 12.2. The molecule has 0 aliphatic heterocycles. The molecule has 3 nitrogen and oxygen atoms in total. The van der Waals surface area contributed by atoms with Crippen LogP contribution in [0.1, 0.15) is 37.5 Å². The average Bonchev–Trinajstić information content (AvgIpc) is 2.60. The number of carbonyl (C=O) groups is 1. The third kappa shape index (κ3) is 4.85. The third-order valence-electron chi connectivity index (χ3n) is 3.94. The monoisotopic (exact) mass is 311 g/mol. The highest BCUT2D eigenvalue weighted by atomic mass is 16.5. The minimum absolute atomic E-state index is 0.0993. The summed E-state index contributed by atoms with van der Waals surface area (Å²) in [5, 5.41) is 2.98. The van der Waals surface area contributed by atoms with Gasteiger partial charge >= 0.3 is 0 Å². The molecule has 0 saturated heterocycles. The van der Waals surface area contributed by atoms with E-state index in [1.54, 1.807) is 6.92 Å². The molecular weight excluding hydrogens is 286 g/mol. The van der Waals surface area contributed by atoms with Gasteiger partial charge in [-0.05, 0) is 48.6 Å². The molecule has 1 amide bonds. The Morgan fingerprint density at radius 1 is 1.04 bits per heavy atom. The molecule has 2 rings (SSSR count). The lowest BCUT2D eigenvalue weighted by Gasteiger charge is -2.16. The number of amides is 1. The van der Waals surface area contributed by atoms with Gasteiger partial charge in [-0.15, -0.1) is 0 Å². The fourth-order valence-corrected chi connectivity index (χ4v) is 2.49. The molecule has 0 aliphatic carbocycles. The smallest absolute Gasteiger partial charge is 0.261 e. The van der Waals surface area contributed by atoms with Crippen LogP contribution >= 0.6 is 0 Å². The standard InChI is InChI=1S/C20H25NO2/c1-4-16-11-12-17(5-2)18(13-16)14-21-20(22)15(3)23-19-9-7-6-8-10-19/h6-13,15H,4-5,14H2,1-3H3,(H,21,22). The second kappa shape index (κ2) is 8.37. The van der Waals surface area contributed by atoms with Crippen LogP contribution in [0.25, 0.3) is 0 Å². The summed E-state index contributed by atoms with van der Waals surface area (Å²) in [5.74, 6) is 0.607. The molecule has 0 aromatic heterocycles. The summed E-state index contributed by atoms with van der Waals surface area (Å²) in [5.41, 5.74) is 3.76. The largest absolute Gasteiger partial charge is 0.481 e. The number of ether oxygens (including phenoxy) is 1. The highest BCUT2D eigenvalue weighted by molar-refractivity contribution is 5.80. The number of hydrogen-bond donors (Lipinski definition) is 1. The van der Waals surface area contributed by atoms with Gasteiger partial charge in [-0.2, -0.15) is 0 Å². The minimum Gasteiger partial charge on any atom is -0.481 e. The number of aryl methyl sites for hydroxylation is 2. The zero-order chi connectivity index (χ0) is 16.7. The van der Waals surface area contributed by atoms with E-state index in [9.17, 15) is 4.79 Å². The molecule has 0 radical (unpaired) electrons. The Balaban J connectivity index is 1.96. The van der Waals surface area contributed by atoms with Crippen LogP contribution in [0.15, 0.2) is 48.5 Å². The first-order valence-corrected chi connectivity index (χ1v) is 8.24. The van der Waals surface area contributed by atoms with Gasteiger partial charge in [-0.1, -0.05) is 50.2 Å². The molecule has 0 saturated carbocycles. The van der Waals surface area contributed by atoms with Crippen molar-refractivity contribution in [2.75, 3.05) is 0 Å². The van der Waals surface area contributed by atoms with E-state index in [4.69, 9.17) is 4.74 Å². The molecule has 0 bridgehead atoms. The van der Waals surface area contributed by atoms with Crippen molar-refractivity contribution in [2.24, 2.45) is 0 Å². The molecule has 0 fully saturated rings. The van der Waals surface area contributed by atoms with Crippen LogP contribution in [0.5, 0.6) is 5.75 Å². The predicted molar refractivity (Wildman–Crippen MR) is 93.6 cm³/mol. The van der Waals surface area contributed by atoms with Gasteiger partial charge in [0, 0.05) is 6.54 Å². The topological polar surface area (TPSA) is 38.3 Å².